The molecule has 4 nitrogen and oxygen atoms in total. The molecule has 0 bridgehead atoms. The van der Waals surface area contributed by atoms with Crippen LogP contribution in [0.2, 0.25) is 0 Å². The first-order valence-corrected chi connectivity index (χ1v) is 6.19. The van der Waals surface area contributed by atoms with Crippen molar-refractivity contribution >= 4 is 0 Å². The van der Waals surface area contributed by atoms with Crippen LogP contribution in [0.4, 0.5) is 0 Å². The molecule has 0 radical (unpaired) electrons. The number of likely N-dealkylation sites (tertiary alicyclic amines) is 1. The van der Waals surface area contributed by atoms with Crippen molar-refractivity contribution in [3.05, 3.63) is 18.0 Å². The van der Waals surface area contributed by atoms with Crippen molar-refractivity contribution < 1.29 is 0 Å². The van der Waals surface area contributed by atoms with Crippen LogP contribution in [-0.2, 0) is 13.1 Å². The van der Waals surface area contributed by atoms with E-state index in [0.29, 0.717) is 0 Å². The van der Waals surface area contributed by atoms with Gasteiger partial charge in [-0.15, -0.1) is 0 Å². The van der Waals surface area contributed by atoms with Gasteiger partial charge in [-0.3, -0.25) is 4.68 Å². The first kappa shape index (κ1) is 11.6. The second-order valence-corrected chi connectivity index (χ2v) is 4.69. The van der Waals surface area contributed by atoms with Gasteiger partial charge in [0.1, 0.15) is 0 Å². The summed E-state index contributed by atoms with van der Waals surface area (Å²) in [4.78, 5) is 2.41. The predicted molar refractivity (Wildman–Crippen MR) is 65.2 cm³/mol. The number of hydrogen-bond donors (Lipinski definition) is 1. The molecule has 0 saturated carbocycles. The summed E-state index contributed by atoms with van der Waals surface area (Å²) in [6, 6.07) is 2.09. The van der Waals surface area contributed by atoms with E-state index < -0.39 is 0 Å². The van der Waals surface area contributed by atoms with Gasteiger partial charge in [-0.05, 0) is 45.5 Å². The van der Waals surface area contributed by atoms with Crippen molar-refractivity contribution in [2.45, 2.75) is 26.4 Å². The lowest BCUT2D eigenvalue weighted by atomic mass is 10.1. The van der Waals surface area contributed by atoms with E-state index >= 15 is 0 Å². The van der Waals surface area contributed by atoms with Gasteiger partial charge in [-0.2, -0.15) is 5.10 Å². The third kappa shape index (κ3) is 2.83. The second kappa shape index (κ2) is 5.46. The molecular formula is C12H22N4. The third-order valence-corrected chi connectivity index (χ3v) is 3.33. The summed E-state index contributed by atoms with van der Waals surface area (Å²) in [5.41, 5.74) is 1.29. The minimum absolute atomic E-state index is 0.822. The van der Waals surface area contributed by atoms with E-state index in [4.69, 9.17) is 0 Å². The van der Waals surface area contributed by atoms with Crippen molar-refractivity contribution in [1.29, 1.82) is 0 Å². The Morgan fingerprint density at radius 3 is 3.12 bits per heavy atom. The molecule has 1 saturated heterocycles. The Kier molecular flexibility index (Phi) is 3.96. The summed E-state index contributed by atoms with van der Waals surface area (Å²) in [5.74, 6) is 0.822. The third-order valence-electron chi connectivity index (χ3n) is 3.33. The average Bonchev–Trinajstić information content (AvgIpc) is 2.87. The average molecular weight is 222 g/mol. The Morgan fingerprint density at radius 1 is 1.56 bits per heavy atom. The van der Waals surface area contributed by atoms with Crippen LogP contribution >= 0.6 is 0 Å². The highest BCUT2D eigenvalue weighted by Gasteiger charge is 2.18. The normalized spacial score (nSPS) is 21.8. The number of hydrogen-bond acceptors (Lipinski definition) is 3. The van der Waals surface area contributed by atoms with Gasteiger partial charge >= 0.3 is 0 Å². The van der Waals surface area contributed by atoms with E-state index in [1.54, 1.807) is 0 Å². The summed E-state index contributed by atoms with van der Waals surface area (Å²) in [6.45, 7) is 7.63. The Labute approximate surface area is 97.6 Å². The van der Waals surface area contributed by atoms with E-state index in [1.807, 2.05) is 10.9 Å². The molecule has 0 aliphatic carbocycles. The van der Waals surface area contributed by atoms with Gasteiger partial charge in [0.15, 0.2) is 0 Å². The van der Waals surface area contributed by atoms with Crippen molar-refractivity contribution in [2.75, 3.05) is 26.7 Å². The summed E-state index contributed by atoms with van der Waals surface area (Å²) in [7, 11) is 2.20. The fraction of sp³-hybridized carbons (Fsp3) is 0.750. The minimum atomic E-state index is 0.822. The summed E-state index contributed by atoms with van der Waals surface area (Å²) < 4.78 is 2.05. The van der Waals surface area contributed by atoms with E-state index in [2.05, 4.69) is 35.4 Å². The van der Waals surface area contributed by atoms with Gasteiger partial charge in [0.25, 0.3) is 0 Å². The molecule has 1 fully saturated rings. The molecule has 1 aromatic rings. The standard InChI is InChI=1S/C12H22N4/c1-3-16-12(4-6-14-16)9-13-8-11-5-7-15(2)10-11/h4,6,11,13H,3,5,7-10H2,1-2H3. The SMILES string of the molecule is CCn1nccc1CNCC1CCN(C)C1. The highest BCUT2D eigenvalue weighted by atomic mass is 15.3. The fourth-order valence-electron chi connectivity index (χ4n) is 2.39. The van der Waals surface area contributed by atoms with Crippen LogP contribution in [0.15, 0.2) is 12.3 Å². The van der Waals surface area contributed by atoms with Crippen LogP contribution < -0.4 is 5.32 Å². The Hall–Kier alpha value is -0.870. The van der Waals surface area contributed by atoms with Crippen LogP contribution in [0.5, 0.6) is 0 Å². The van der Waals surface area contributed by atoms with Crippen molar-refractivity contribution in [2.24, 2.45) is 5.92 Å². The molecule has 2 rings (SSSR count). The van der Waals surface area contributed by atoms with Crippen LogP contribution in [0, 0.1) is 5.92 Å². The maximum absolute atomic E-state index is 4.27. The second-order valence-electron chi connectivity index (χ2n) is 4.69. The van der Waals surface area contributed by atoms with Crippen LogP contribution in [-0.4, -0.2) is 41.4 Å². The van der Waals surface area contributed by atoms with Gasteiger partial charge in [0.2, 0.25) is 0 Å². The summed E-state index contributed by atoms with van der Waals surface area (Å²) in [5, 5.41) is 7.80. The first-order chi connectivity index (χ1) is 7.79. The number of nitrogens with zero attached hydrogens (tertiary/aromatic N) is 3. The number of rotatable bonds is 5. The molecule has 0 spiro atoms. The molecule has 1 aliphatic rings. The molecule has 16 heavy (non-hydrogen) atoms. The highest BCUT2D eigenvalue weighted by Crippen LogP contribution is 2.13. The number of aromatic nitrogens is 2. The molecule has 1 aromatic heterocycles. The maximum atomic E-state index is 4.27. The monoisotopic (exact) mass is 222 g/mol. The molecule has 1 aliphatic heterocycles. The van der Waals surface area contributed by atoms with E-state index in [-0.39, 0.29) is 0 Å². The quantitative estimate of drug-likeness (QED) is 0.805. The zero-order valence-corrected chi connectivity index (χ0v) is 10.3. The molecule has 2 heterocycles. The molecule has 1 N–H and O–H groups in total. The molecule has 0 aromatic carbocycles. The molecule has 1 atom stereocenters. The predicted octanol–water partition coefficient (Wildman–Crippen LogP) is 0.944. The molecule has 0 amide bonds. The summed E-state index contributed by atoms with van der Waals surface area (Å²) >= 11 is 0. The van der Waals surface area contributed by atoms with Crippen LogP contribution in [0.25, 0.3) is 0 Å². The lowest BCUT2D eigenvalue weighted by molar-refractivity contribution is 0.387. The molecular weight excluding hydrogens is 200 g/mol. The van der Waals surface area contributed by atoms with Crippen LogP contribution in [0.1, 0.15) is 19.0 Å². The topological polar surface area (TPSA) is 33.1 Å². The van der Waals surface area contributed by atoms with Gasteiger partial charge in [-0.25, -0.2) is 0 Å². The van der Waals surface area contributed by atoms with Gasteiger partial charge in [-0.1, -0.05) is 0 Å². The molecule has 1 unspecified atom stereocenters. The maximum Gasteiger partial charge on any atom is 0.0521 e. The highest BCUT2D eigenvalue weighted by molar-refractivity contribution is 4.99. The zero-order valence-electron chi connectivity index (χ0n) is 10.3. The largest absolute Gasteiger partial charge is 0.311 e. The van der Waals surface area contributed by atoms with E-state index in [0.717, 1.165) is 25.6 Å². The van der Waals surface area contributed by atoms with Crippen molar-refractivity contribution in [1.82, 2.24) is 20.0 Å². The fourth-order valence-corrected chi connectivity index (χ4v) is 2.39. The molecule has 4 heteroatoms. The smallest absolute Gasteiger partial charge is 0.0521 e. The number of aryl methyl sites for hydroxylation is 1. The first-order valence-electron chi connectivity index (χ1n) is 6.19. The van der Waals surface area contributed by atoms with E-state index in [1.165, 1.54) is 25.2 Å². The molecule has 90 valence electrons. The number of nitrogens with one attached hydrogen (secondary N) is 1. The Bertz CT molecular complexity index is 321. The lowest BCUT2D eigenvalue weighted by Gasteiger charge is -2.12. The van der Waals surface area contributed by atoms with Crippen LogP contribution in [0.3, 0.4) is 0 Å². The Morgan fingerprint density at radius 2 is 2.44 bits per heavy atom. The lowest BCUT2D eigenvalue weighted by Crippen LogP contribution is -2.25. The Balaban J connectivity index is 1.72. The van der Waals surface area contributed by atoms with E-state index in [9.17, 15) is 0 Å². The van der Waals surface area contributed by atoms with Gasteiger partial charge in [0, 0.05) is 25.8 Å². The minimum Gasteiger partial charge on any atom is -0.311 e. The summed E-state index contributed by atoms with van der Waals surface area (Å²) in [6.07, 6.45) is 3.21. The van der Waals surface area contributed by atoms with Crippen molar-refractivity contribution in [3.8, 4) is 0 Å². The van der Waals surface area contributed by atoms with Crippen molar-refractivity contribution in [3.63, 3.8) is 0 Å². The van der Waals surface area contributed by atoms with Gasteiger partial charge in [0.05, 0.1) is 5.69 Å². The van der Waals surface area contributed by atoms with Gasteiger partial charge < -0.3 is 10.2 Å². The zero-order chi connectivity index (χ0) is 11.4.